The maximum Gasteiger partial charge on any atom is 0.151 e. The van der Waals surface area contributed by atoms with Gasteiger partial charge >= 0.3 is 0 Å². The van der Waals surface area contributed by atoms with Gasteiger partial charge in [0, 0.05) is 30.0 Å². The van der Waals surface area contributed by atoms with Crippen molar-refractivity contribution in [2.45, 2.75) is 259 Å². The summed E-state index contributed by atoms with van der Waals surface area (Å²) in [7, 11) is 0. The molecule has 3 heterocycles. The summed E-state index contributed by atoms with van der Waals surface area (Å²) in [6.45, 7) is 9.87. The van der Waals surface area contributed by atoms with Crippen LogP contribution < -0.4 is 9.91 Å². The zero-order chi connectivity index (χ0) is 50.5. The van der Waals surface area contributed by atoms with E-state index in [0.717, 1.165) is 48.7 Å². The minimum absolute atomic E-state index is 0.667. The van der Waals surface area contributed by atoms with Crippen LogP contribution in [-0.4, -0.2) is 21.5 Å². The Labute approximate surface area is 442 Å². The molecule has 2 aromatic heterocycles. The van der Waals surface area contributed by atoms with Gasteiger partial charge in [0.15, 0.2) is 5.82 Å². The van der Waals surface area contributed by atoms with Gasteiger partial charge in [-0.25, -0.2) is 15.0 Å². The van der Waals surface area contributed by atoms with Crippen LogP contribution in [0.2, 0.25) is 0 Å². The van der Waals surface area contributed by atoms with E-state index < -0.39 is 0 Å². The number of aromatic nitrogens is 2. The first kappa shape index (κ1) is 58.5. The number of nitrogens with zero attached hydrogens (tertiary/aromatic N) is 5. The summed E-state index contributed by atoms with van der Waals surface area (Å²) in [5.41, 5.74) is 8.96. The molecule has 0 spiro atoms. The Bertz CT molecular complexity index is 1860. The average molecular weight is 979 g/mol. The molecule has 396 valence electrons. The summed E-state index contributed by atoms with van der Waals surface area (Å²) in [5.74, 6) is 1.91. The van der Waals surface area contributed by atoms with E-state index in [-0.39, 0.29) is 0 Å². The molecule has 0 unspecified atom stereocenters. The summed E-state index contributed by atoms with van der Waals surface area (Å²) < 4.78 is 0. The van der Waals surface area contributed by atoms with Gasteiger partial charge < -0.3 is 0 Å². The van der Waals surface area contributed by atoms with Gasteiger partial charge in [0.1, 0.15) is 5.82 Å². The van der Waals surface area contributed by atoms with Crippen LogP contribution in [0.15, 0.2) is 109 Å². The fraction of sp³-hybridized carbons (Fsp3) is 0.612. The van der Waals surface area contributed by atoms with Crippen LogP contribution in [0.5, 0.6) is 0 Å². The van der Waals surface area contributed by atoms with Crippen molar-refractivity contribution in [1.29, 1.82) is 0 Å². The number of unbranched alkanes of at least 4 members (excludes halogenated alkanes) is 28. The van der Waals surface area contributed by atoms with Crippen molar-refractivity contribution in [3.8, 4) is 0 Å². The molecule has 0 saturated heterocycles. The molecule has 0 radical (unpaired) electrons. The van der Waals surface area contributed by atoms with Crippen LogP contribution in [0.3, 0.4) is 0 Å². The molecule has 4 aromatic rings. The number of hydrazine groups is 1. The second kappa shape index (κ2) is 37.4. The van der Waals surface area contributed by atoms with Gasteiger partial charge in [0.25, 0.3) is 0 Å². The van der Waals surface area contributed by atoms with Crippen LogP contribution >= 0.6 is 0 Å². The van der Waals surface area contributed by atoms with E-state index in [9.17, 15) is 0 Å². The van der Waals surface area contributed by atoms with Crippen molar-refractivity contribution >= 4 is 23.0 Å². The second-order valence-corrected chi connectivity index (χ2v) is 21.5. The van der Waals surface area contributed by atoms with E-state index in [0.29, 0.717) is 6.54 Å². The highest BCUT2D eigenvalue weighted by atomic mass is 15.6. The number of anilines is 4. The molecule has 72 heavy (non-hydrogen) atoms. The van der Waals surface area contributed by atoms with Crippen LogP contribution in [0.25, 0.3) is 0 Å². The number of aryl methyl sites for hydroxylation is 4. The van der Waals surface area contributed by atoms with Gasteiger partial charge in [0.05, 0.1) is 12.2 Å². The molecule has 0 N–H and O–H groups in total. The molecule has 1 aliphatic heterocycles. The lowest BCUT2D eigenvalue weighted by Crippen LogP contribution is -2.40. The van der Waals surface area contributed by atoms with Crippen molar-refractivity contribution in [3.05, 3.63) is 131 Å². The Morgan fingerprint density at radius 2 is 0.694 bits per heavy atom. The van der Waals surface area contributed by atoms with Crippen LogP contribution in [0, 0.1) is 0 Å². The first-order chi connectivity index (χ1) is 35.6. The minimum atomic E-state index is 0.667. The van der Waals surface area contributed by atoms with E-state index >= 15 is 0 Å². The Balaban J connectivity index is 1.32. The predicted octanol–water partition coefficient (Wildman–Crippen LogP) is 20.8. The Kier molecular flexibility index (Phi) is 30.4. The highest BCUT2D eigenvalue weighted by Crippen LogP contribution is 2.34. The normalized spacial score (nSPS) is 12.4. The number of pyridine rings is 2. The molecule has 5 nitrogen and oxygen atoms in total. The lowest BCUT2D eigenvalue weighted by molar-refractivity contribution is 0.404. The van der Waals surface area contributed by atoms with Gasteiger partial charge in [-0.3, -0.25) is 9.91 Å². The smallest absolute Gasteiger partial charge is 0.151 e. The van der Waals surface area contributed by atoms with Gasteiger partial charge in [-0.1, -0.05) is 244 Å². The summed E-state index contributed by atoms with van der Waals surface area (Å²) in [6.07, 6.45) is 58.4. The first-order valence-electron chi connectivity index (χ1n) is 30.4. The van der Waals surface area contributed by atoms with Crippen molar-refractivity contribution in [2.75, 3.05) is 16.5 Å². The molecule has 0 bridgehead atoms. The Hall–Kier alpha value is -4.38. The molecule has 0 saturated carbocycles. The third-order valence-corrected chi connectivity index (χ3v) is 15.1. The molecule has 0 amide bonds. The summed E-state index contributed by atoms with van der Waals surface area (Å²) in [4.78, 5) is 12.8. The first-order valence-corrected chi connectivity index (χ1v) is 30.4. The lowest BCUT2D eigenvalue weighted by Gasteiger charge is -2.39. The van der Waals surface area contributed by atoms with E-state index in [4.69, 9.17) is 9.97 Å². The summed E-state index contributed by atoms with van der Waals surface area (Å²) >= 11 is 0. The molecule has 0 aliphatic carbocycles. The molecular weight excluding hydrogens is 875 g/mol. The molecule has 0 atom stereocenters. The van der Waals surface area contributed by atoms with Crippen molar-refractivity contribution in [2.24, 2.45) is 0 Å². The lowest BCUT2D eigenvalue weighted by atomic mass is 10.0. The topological polar surface area (TPSA) is 35.5 Å². The van der Waals surface area contributed by atoms with Crippen molar-refractivity contribution < 1.29 is 0 Å². The third kappa shape index (κ3) is 22.8. The molecule has 2 aromatic carbocycles. The fourth-order valence-electron chi connectivity index (χ4n) is 10.5. The van der Waals surface area contributed by atoms with Crippen LogP contribution in [0.4, 0.5) is 23.0 Å². The van der Waals surface area contributed by atoms with E-state index in [1.807, 2.05) is 0 Å². The van der Waals surface area contributed by atoms with E-state index in [1.165, 1.54) is 233 Å². The SMILES string of the molecule is CCCCCCCCCCc1ccc(N(C2=CC=CN(N(c3ccc(CCCCCCCCCC)cc3)c3ccc(CCCCCCCCCC)cn3)C2)c2ccc(CCCCCCCCCC)cn2)cc1. The van der Waals surface area contributed by atoms with Gasteiger partial charge in [0.2, 0.25) is 0 Å². The maximum absolute atomic E-state index is 5.23. The van der Waals surface area contributed by atoms with Crippen LogP contribution in [0.1, 0.15) is 255 Å². The van der Waals surface area contributed by atoms with Gasteiger partial charge in [-0.05, 0) is 122 Å². The largest absolute Gasteiger partial charge is 0.297 e. The molecule has 0 fully saturated rings. The van der Waals surface area contributed by atoms with Gasteiger partial charge in [-0.2, -0.15) is 0 Å². The number of hydrogen-bond donors (Lipinski definition) is 0. The Morgan fingerprint density at radius 3 is 1.07 bits per heavy atom. The maximum atomic E-state index is 5.23. The number of benzene rings is 2. The number of rotatable bonds is 42. The molecule has 1 aliphatic rings. The number of allylic oxidation sites excluding steroid dienone is 2. The van der Waals surface area contributed by atoms with E-state index in [1.54, 1.807) is 0 Å². The van der Waals surface area contributed by atoms with Crippen molar-refractivity contribution in [1.82, 2.24) is 15.0 Å². The zero-order valence-corrected chi connectivity index (χ0v) is 46.7. The summed E-state index contributed by atoms with van der Waals surface area (Å²) in [6, 6.07) is 27.9. The average Bonchev–Trinajstić information content (AvgIpc) is 3.41. The monoisotopic (exact) mass is 978 g/mol. The molecule has 5 rings (SSSR count). The molecular formula is C67H103N5. The van der Waals surface area contributed by atoms with E-state index in [2.05, 4.69) is 146 Å². The quantitative estimate of drug-likeness (QED) is 0.0414. The highest BCUT2D eigenvalue weighted by molar-refractivity contribution is 5.68. The highest BCUT2D eigenvalue weighted by Gasteiger charge is 2.25. The zero-order valence-electron chi connectivity index (χ0n) is 46.7. The van der Waals surface area contributed by atoms with Crippen molar-refractivity contribution in [3.63, 3.8) is 0 Å². The third-order valence-electron chi connectivity index (χ3n) is 15.1. The Morgan fingerprint density at radius 1 is 0.361 bits per heavy atom. The predicted molar refractivity (Wildman–Crippen MR) is 315 cm³/mol. The minimum Gasteiger partial charge on any atom is -0.297 e. The molecule has 5 heteroatoms. The standard InChI is InChI=1S/C67H103N5/c1-5-9-13-17-21-25-29-33-38-59-43-49-63(50-44-59)71(66-53-47-61(56-68-66)40-35-31-27-23-19-15-11-7-3)65-42-37-55-70(58-65)72(64-51-45-60(46-52-64)39-34-30-26-22-18-14-10-6-2)67-54-48-62(57-69-67)41-36-32-28-24-20-16-12-8-4/h37,42-57H,5-36,38-41,58H2,1-4H3. The number of hydrogen-bond acceptors (Lipinski definition) is 5. The van der Waals surface area contributed by atoms with Gasteiger partial charge in [-0.15, -0.1) is 0 Å². The summed E-state index contributed by atoms with van der Waals surface area (Å²) in [5, 5.41) is 4.68. The van der Waals surface area contributed by atoms with Crippen LogP contribution in [-0.2, 0) is 25.7 Å². The second-order valence-electron chi connectivity index (χ2n) is 21.5. The fourth-order valence-corrected chi connectivity index (χ4v) is 10.5.